The number of carbonyl (C=O) groups is 6. The SMILES string of the molecule is CC(C)C[C@H]1COc2ccc(cc2)C[C@H](NC(=O)c2cc3n(n2)CCNC3=O)C(=O)N[C@H](C)C(=O)NC2(CC2)C(=O)N[C@H](Cc2ccccc2)C(=O)N1. The molecule has 1 spiro atoms. The molecule has 1 aliphatic carbocycles. The van der Waals surface area contributed by atoms with Crippen LogP contribution in [0.5, 0.6) is 5.75 Å². The van der Waals surface area contributed by atoms with Gasteiger partial charge in [-0.05, 0) is 55.4 Å². The molecule has 2 bridgehead atoms. The highest BCUT2D eigenvalue weighted by Gasteiger charge is 2.52. The summed E-state index contributed by atoms with van der Waals surface area (Å²) in [5.41, 5.74) is 0.512. The number of hydrogen-bond donors (Lipinski definition) is 6. The quantitative estimate of drug-likeness (QED) is 0.200. The predicted octanol–water partition coefficient (Wildman–Crippen LogP) is 0.772. The molecule has 1 fully saturated rings. The van der Waals surface area contributed by atoms with E-state index in [-0.39, 0.29) is 54.6 Å². The fourth-order valence-corrected chi connectivity index (χ4v) is 6.49. The lowest BCUT2D eigenvalue weighted by atomic mass is 10.0. The molecule has 0 unspecified atom stereocenters. The molecule has 4 heterocycles. The first-order valence-electron chi connectivity index (χ1n) is 18.1. The molecule has 53 heavy (non-hydrogen) atoms. The zero-order valence-corrected chi connectivity index (χ0v) is 30.1. The predicted molar refractivity (Wildman–Crippen MR) is 193 cm³/mol. The topological polar surface area (TPSA) is 202 Å². The van der Waals surface area contributed by atoms with E-state index in [1.54, 1.807) is 24.3 Å². The molecule has 7 rings (SSSR count). The molecular weight excluding hydrogens is 680 g/mol. The van der Waals surface area contributed by atoms with Crippen molar-refractivity contribution in [3.05, 3.63) is 83.2 Å². The molecule has 3 aromatic rings. The first kappa shape index (κ1) is 37.0. The summed E-state index contributed by atoms with van der Waals surface area (Å²) in [4.78, 5) is 80.5. The summed E-state index contributed by atoms with van der Waals surface area (Å²) < 4.78 is 7.57. The standard InChI is InChI=1S/C38H46N8O7/c1-22(2)17-26-21-53-27-11-9-25(10-12-27)19-28(42-35(50)30-20-31-36(51)39-15-16-46(31)45-30)33(48)40-23(3)32(47)44-38(13-14-38)37(52)43-29(34(49)41-26)18-24-7-5-4-6-8-24/h4-12,20,22-23,26,28-29H,13-19,21H2,1-3H3,(H,39,51)(H,40,48)(H,41,49)(H,42,50)(H,43,52)(H,44,47)/t23-,26+,28+,29-/m1/s1. The van der Waals surface area contributed by atoms with Gasteiger partial charge in [0.15, 0.2) is 5.69 Å². The normalized spacial score (nSPS) is 23.4. The van der Waals surface area contributed by atoms with E-state index >= 15 is 0 Å². The van der Waals surface area contributed by atoms with Gasteiger partial charge in [0.25, 0.3) is 11.8 Å². The maximum absolute atomic E-state index is 13.8. The number of hydrogen-bond acceptors (Lipinski definition) is 8. The van der Waals surface area contributed by atoms with Crippen molar-refractivity contribution in [3.8, 4) is 5.75 Å². The number of benzene rings is 2. The Labute approximate surface area is 307 Å². The van der Waals surface area contributed by atoms with Crippen LogP contribution in [0.1, 0.15) is 72.1 Å². The number of ether oxygens (including phenoxy) is 1. The van der Waals surface area contributed by atoms with Crippen LogP contribution < -0.4 is 36.6 Å². The van der Waals surface area contributed by atoms with Crippen LogP contribution in [0.15, 0.2) is 60.7 Å². The van der Waals surface area contributed by atoms with Gasteiger partial charge in [-0.15, -0.1) is 0 Å². The number of amides is 6. The van der Waals surface area contributed by atoms with Crippen LogP contribution >= 0.6 is 0 Å². The van der Waals surface area contributed by atoms with Gasteiger partial charge in [-0.1, -0.05) is 56.3 Å². The Balaban J connectivity index is 1.26. The maximum atomic E-state index is 13.8. The molecule has 6 N–H and O–H groups in total. The van der Waals surface area contributed by atoms with Gasteiger partial charge >= 0.3 is 0 Å². The second kappa shape index (κ2) is 15.9. The molecule has 280 valence electrons. The van der Waals surface area contributed by atoms with Crippen molar-refractivity contribution in [1.82, 2.24) is 41.7 Å². The molecule has 15 heteroatoms. The second-order valence-electron chi connectivity index (χ2n) is 14.4. The lowest BCUT2D eigenvalue weighted by Gasteiger charge is -2.27. The smallest absolute Gasteiger partial charge is 0.272 e. The summed E-state index contributed by atoms with van der Waals surface area (Å²) in [6.45, 7) is 6.53. The van der Waals surface area contributed by atoms with E-state index < -0.39 is 47.3 Å². The van der Waals surface area contributed by atoms with Crippen molar-refractivity contribution in [2.45, 2.75) is 89.1 Å². The Morgan fingerprint density at radius 2 is 1.70 bits per heavy atom. The first-order chi connectivity index (χ1) is 25.4. The highest BCUT2D eigenvalue weighted by atomic mass is 16.5. The van der Waals surface area contributed by atoms with Crippen molar-refractivity contribution in [3.63, 3.8) is 0 Å². The molecule has 6 amide bonds. The summed E-state index contributed by atoms with van der Waals surface area (Å²) in [5.74, 6) is -2.34. The number of fused-ring (bicyclic) bond motifs is 16. The second-order valence-corrected chi connectivity index (χ2v) is 14.4. The number of nitrogens with zero attached hydrogens (tertiary/aromatic N) is 2. The number of aromatic nitrogens is 2. The molecular formula is C38H46N8O7. The fourth-order valence-electron chi connectivity index (χ4n) is 6.49. The molecule has 0 saturated heterocycles. The van der Waals surface area contributed by atoms with Gasteiger partial charge in [-0.2, -0.15) is 5.10 Å². The summed E-state index contributed by atoms with van der Waals surface area (Å²) in [5, 5.41) is 21.2. The van der Waals surface area contributed by atoms with Gasteiger partial charge in [-0.3, -0.25) is 33.4 Å². The summed E-state index contributed by atoms with van der Waals surface area (Å²) in [6.07, 6.45) is 1.62. The molecule has 2 aromatic carbocycles. The van der Waals surface area contributed by atoms with Crippen LogP contribution in [0.2, 0.25) is 0 Å². The minimum Gasteiger partial charge on any atom is -0.491 e. The van der Waals surface area contributed by atoms with E-state index in [1.807, 2.05) is 44.2 Å². The van der Waals surface area contributed by atoms with Gasteiger partial charge in [0, 0.05) is 25.5 Å². The molecule has 4 atom stereocenters. The van der Waals surface area contributed by atoms with Gasteiger partial charge in [-0.25, -0.2) is 0 Å². The van der Waals surface area contributed by atoms with E-state index in [4.69, 9.17) is 4.74 Å². The minimum absolute atomic E-state index is 0.0267. The van der Waals surface area contributed by atoms with Gasteiger partial charge < -0.3 is 36.6 Å². The van der Waals surface area contributed by atoms with E-state index in [0.29, 0.717) is 43.7 Å². The minimum atomic E-state index is -1.24. The van der Waals surface area contributed by atoms with Crippen LogP contribution in [-0.2, 0) is 38.6 Å². The lowest BCUT2D eigenvalue weighted by Crippen LogP contribution is -2.59. The average molecular weight is 727 g/mol. The molecule has 15 nitrogen and oxygen atoms in total. The van der Waals surface area contributed by atoms with Gasteiger partial charge in [0.1, 0.15) is 41.7 Å². The van der Waals surface area contributed by atoms with E-state index in [2.05, 4.69) is 37.0 Å². The van der Waals surface area contributed by atoms with Crippen molar-refractivity contribution in [2.24, 2.45) is 5.92 Å². The summed E-state index contributed by atoms with van der Waals surface area (Å²) in [6, 6.07) is 14.2. The lowest BCUT2D eigenvalue weighted by molar-refractivity contribution is -0.134. The zero-order valence-electron chi connectivity index (χ0n) is 30.1. The number of nitrogens with one attached hydrogen (secondary N) is 6. The monoisotopic (exact) mass is 726 g/mol. The van der Waals surface area contributed by atoms with Gasteiger partial charge in [0.05, 0.1) is 12.6 Å². The molecule has 1 saturated carbocycles. The van der Waals surface area contributed by atoms with E-state index in [9.17, 15) is 28.8 Å². The Morgan fingerprint density at radius 1 is 0.962 bits per heavy atom. The van der Waals surface area contributed by atoms with Crippen molar-refractivity contribution < 1.29 is 33.5 Å². The van der Waals surface area contributed by atoms with E-state index in [0.717, 1.165) is 5.56 Å². The Bertz CT molecular complexity index is 1860. The Hall–Kier alpha value is -5.73. The Morgan fingerprint density at radius 3 is 2.38 bits per heavy atom. The van der Waals surface area contributed by atoms with Crippen LogP contribution in [0.25, 0.3) is 0 Å². The highest BCUT2D eigenvalue weighted by Crippen LogP contribution is 2.36. The van der Waals surface area contributed by atoms with Crippen molar-refractivity contribution in [2.75, 3.05) is 13.2 Å². The average Bonchev–Trinajstić information content (AvgIpc) is 3.77. The third-order valence-electron chi connectivity index (χ3n) is 9.60. The van der Waals surface area contributed by atoms with Gasteiger partial charge in [0.2, 0.25) is 23.6 Å². The fraction of sp³-hybridized carbons (Fsp3) is 0.447. The van der Waals surface area contributed by atoms with Crippen molar-refractivity contribution >= 4 is 35.4 Å². The largest absolute Gasteiger partial charge is 0.491 e. The van der Waals surface area contributed by atoms with Crippen LogP contribution in [-0.4, -0.2) is 88.1 Å². The summed E-state index contributed by atoms with van der Waals surface area (Å²) in [7, 11) is 0. The third kappa shape index (κ3) is 9.20. The number of carbonyl (C=O) groups excluding carboxylic acids is 6. The number of rotatable bonds is 6. The molecule has 0 radical (unpaired) electrons. The Kier molecular flexibility index (Phi) is 11.1. The maximum Gasteiger partial charge on any atom is 0.272 e. The van der Waals surface area contributed by atoms with Crippen LogP contribution in [0.4, 0.5) is 0 Å². The summed E-state index contributed by atoms with van der Waals surface area (Å²) >= 11 is 0. The van der Waals surface area contributed by atoms with E-state index in [1.165, 1.54) is 17.7 Å². The van der Waals surface area contributed by atoms with Crippen LogP contribution in [0.3, 0.4) is 0 Å². The highest BCUT2D eigenvalue weighted by molar-refractivity contribution is 6.01. The van der Waals surface area contributed by atoms with Crippen LogP contribution in [0, 0.1) is 5.92 Å². The zero-order chi connectivity index (χ0) is 37.7. The molecule has 3 aliphatic heterocycles. The van der Waals surface area contributed by atoms with Crippen molar-refractivity contribution in [1.29, 1.82) is 0 Å². The molecule has 4 aliphatic rings. The molecule has 1 aromatic heterocycles. The third-order valence-corrected chi connectivity index (χ3v) is 9.60. The first-order valence-corrected chi connectivity index (χ1v) is 18.1.